The van der Waals surface area contributed by atoms with E-state index in [1.54, 1.807) is 4.90 Å². The van der Waals surface area contributed by atoms with E-state index in [0.29, 0.717) is 32.7 Å². The average molecular weight is 306 g/mol. The molecule has 20 heavy (non-hydrogen) atoms. The standard InChI is InChI=1S/C12H26N4O3S/c1-13-5-4-6-14(2)11-12(17)15-7-9-16(10-8-15)20(3,18)19/h13H,4-11H2,1-3H3. The number of nitrogens with one attached hydrogen (secondary N) is 1. The van der Waals surface area contributed by atoms with E-state index in [0.717, 1.165) is 19.5 Å². The molecule has 7 nitrogen and oxygen atoms in total. The van der Waals surface area contributed by atoms with Gasteiger partial charge in [-0.2, -0.15) is 4.31 Å². The Kier molecular flexibility index (Phi) is 6.87. The number of carbonyl (C=O) groups is 1. The highest BCUT2D eigenvalue weighted by Crippen LogP contribution is 2.06. The third-order valence-corrected chi connectivity index (χ3v) is 4.74. The molecule has 1 aliphatic heterocycles. The molecule has 0 bridgehead atoms. The Labute approximate surface area is 121 Å². The maximum atomic E-state index is 12.1. The molecule has 0 spiro atoms. The number of piperazine rings is 1. The Hall–Kier alpha value is -0.700. The predicted octanol–water partition coefficient (Wildman–Crippen LogP) is -1.37. The SMILES string of the molecule is CNCCCN(C)CC(=O)N1CCN(S(C)(=O)=O)CC1. The highest BCUT2D eigenvalue weighted by atomic mass is 32.2. The van der Waals surface area contributed by atoms with Gasteiger partial charge in [0.25, 0.3) is 0 Å². The van der Waals surface area contributed by atoms with Crippen LogP contribution in [0.25, 0.3) is 0 Å². The first-order valence-electron chi connectivity index (χ1n) is 6.90. The molecule has 0 aromatic heterocycles. The first-order chi connectivity index (χ1) is 9.34. The fourth-order valence-corrected chi connectivity index (χ4v) is 3.03. The molecular weight excluding hydrogens is 280 g/mol. The third kappa shape index (κ3) is 5.74. The van der Waals surface area contributed by atoms with Gasteiger partial charge in [0.1, 0.15) is 0 Å². The van der Waals surface area contributed by atoms with Crippen LogP contribution >= 0.6 is 0 Å². The molecule has 1 aliphatic rings. The minimum Gasteiger partial charge on any atom is -0.339 e. The summed E-state index contributed by atoms with van der Waals surface area (Å²) < 4.78 is 24.2. The van der Waals surface area contributed by atoms with Gasteiger partial charge in [-0.05, 0) is 33.6 Å². The van der Waals surface area contributed by atoms with E-state index in [2.05, 4.69) is 5.32 Å². The zero-order valence-electron chi connectivity index (χ0n) is 12.6. The predicted molar refractivity (Wildman–Crippen MR) is 79.0 cm³/mol. The summed E-state index contributed by atoms with van der Waals surface area (Å²) in [5, 5.41) is 3.07. The molecule has 0 unspecified atom stereocenters. The summed E-state index contributed by atoms with van der Waals surface area (Å²) in [5.74, 6) is 0.0742. The Morgan fingerprint density at radius 3 is 2.35 bits per heavy atom. The van der Waals surface area contributed by atoms with Crippen molar-refractivity contribution in [1.29, 1.82) is 0 Å². The van der Waals surface area contributed by atoms with E-state index < -0.39 is 10.0 Å². The van der Waals surface area contributed by atoms with Gasteiger partial charge in [0.15, 0.2) is 0 Å². The molecule has 0 atom stereocenters. The molecule has 1 rings (SSSR count). The van der Waals surface area contributed by atoms with E-state index in [-0.39, 0.29) is 5.91 Å². The second-order valence-corrected chi connectivity index (χ2v) is 7.22. The first kappa shape index (κ1) is 17.4. The zero-order chi connectivity index (χ0) is 15.2. The van der Waals surface area contributed by atoms with Gasteiger partial charge in [-0.15, -0.1) is 0 Å². The highest BCUT2D eigenvalue weighted by molar-refractivity contribution is 7.88. The van der Waals surface area contributed by atoms with Gasteiger partial charge in [0.05, 0.1) is 12.8 Å². The van der Waals surface area contributed by atoms with Gasteiger partial charge >= 0.3 is 0 Å². The maximum Gasteiger partial charge on any atom is 0.236 e. The van der Waals surface area contributed by atoms with Crippen molar-refractivity contribution in [3.63, 3.8) is 0 Å². The van der Waals surface area contributed by atoms with E-state index in [1.165, 1.54) is 10.6 Å². The summed E-state index contributed by atoms with van der Waals surface area (Å²) in [6, 6.07) is 0. The lowest BCUT2D eigenvalue weighted by molar-refractivity contribution is -0.133. The van der Waals surface area contributed by atoms with Gasteiger partial charge in [0, 0.05) is 26.2 Å². The van der Waals surface area contributed by atoms with Crippen molar-refractivity contribution in [2.75, 3.05) is 66.2 Å². The quantitative estimate of drug-likeness (QED) is 0.588. The van der Waals surface area contributed by atoms with Crippen LogP contribution in [-0.4, -0.2) is 94.6 Å². The van der Waals surface area contributed by atoms with Gasteiger partial charge in [-0.1, -0.05) is 0 Å². The Morgan fingerprint density at radius 2 is 1.85 bits per heavy atom. The smallest absolute Gasteiger partial charge is 0.236 e. The van der Waals surface area contributed by atoms with Crippen LogP contribution in [0.5, 0.6) is 0 Å². The van der Waals surface area contributed by atoms with Crippen molar-refractivity contribution in [2.24, 2.45) is 0 Å². The van der Waals surface area contributed by atoms with Gasteiger partial charge in [-0.3, -0.25) is 9.69 Å². The van der Waals surface area contributed by atoms with E-state index in [1.807, 2.05) is 19.0 Å². The summed E-state index contributed by atoms with van der Waals surface area (Å²) in [6.45, 7) is 3.96. The average Bonchev–Trinajstić information content (AvgIpc) is 2.38. The van der Waals surface area contributed by atoms with Crippen molar-refractivity contribution >= 4 is 15.9 Å². The second-order valence-electron chi connectivity index (χ2n) is 5.24. The molecule has 118 valence electrons. The van der Waals surface area contributed by atoms with Crippen LogP contribution < -0.4 is 5.32 Å². The summed E-state index contributed by atoms with van der Waals surface area (Å²) in [7, 11) is 0.705. The van der Waals surface area contributed by atoms with Gasteiger partial charge in [0.2, 0.25) is 15.9 Å². The van der Waals surface area contributed by atoms with Crippen molar-refractivity contribution in [1.82, 2.24) is 19.4 Å². The minimum absolute atomic E-state index is 0.0742. The van der Waals surface area contributed by atoms with E-state index in [9.17, 15) is 13.2 Å². The summed E-state index contributed by atoms with van der Waals surface area (Å²) in [5.41, 5.74) is 0. The highest BCUT2D eigenvalue weighted by Gasteiger charge is 2.26. The minimum atomic E-state index is -3.13. The molecule has 1 saturated heterocycles. The van der Waals surface area contributed by atoms with Gasteiger partial charge in [-0.25, -0.2) is 8.42 Å². The van der Waals surface area contributed by atoms with Crippen molar-refractivity contribution in [3.05, 3.63) is 0 Å². The van der Waals surface area contributed by atoms with Crippen molar-refractivity contribution in [2.45, 2.75) is 6.42 Å². The number of amides is 1. The largest absolute Gasteiger partial charge is 0.339 e. The molecule has 0 aromatic rings. The molecule has 1 amide bonds. The van der Waals surface area contributed by atoms with Crippen LogP contribution in [0.4, 0.5) is 0 Å². The lowest BCUT2D eigenvalue weighted by Crippen LogP contribution is -2.52. The number of nitrogens with zero attached hydrogens (tertiary/aromatic N) is 3. The lowest BCUT2D eigenvalue weighted by Gasteiger charge is -2.34. The van der Waals surface area contributed by atoms with Crippen LogP contribution in [0.2, 0.25) is 0 Å². The number of rotatable bonds is 7. The van der Waals surface area contributed by atoms with Crippen LogP contribution in [0.1, 0.15) is 6.42 Å². The van der Waals surface area contributed by atoms with Crippen molar-refractivity contribution < 1.29 is 13.2 Å². The molecule has 1 fully saturated rings. The molecule has 0 saturated carbocycles. The normalized spacial score (nSPS) is 17.7. The Balaban J connectivity index is 2.32. The number of carbonyl (C=O) groups excluding carboxylic acids is 1. The van der Waals surface area contributed by atoms with E-state index in [4.69, 9.17) is 0 Å². The summed E-state index contributed by atoms with van der Waals surface area (Å²) in [6.07, 6.45) is 2.21. The monoisotopic (exact) mass is 306 g/mol. The fourth-order valence-electron chi connectivity index (χ4n) is 2.20. The molecule has 0 radical (unpaired) electrons. The second kappa shape index (κ2) is 7.92. The number of sulfonamides is 1. The maximum absolute atomic E-state index is 12.1. The molecular formula is C12H26N4O3S. The topological polar surface area (TPSA) is 73.0 Å². The zero-order valence-corrected chi connectivity index (χ0v) is 13.4. The number of likely N-dealkylation sites (N-methyl/N-ethyl adjacent to an activating group) is 1. The number of hydrogen-bond acceptors (Lipinski definition) is 5. The first-order valence-corrected chi connectivity index (χ1v) is 8.75. The summed E-state index contributed by atoms with van der Waals surface area (Å²) >= 11 is 0. The van der Waals surface area contributed by atoms with Crippen LogP contribution in [0.3, 0.4) is 0 Å². The lowest BCUT2D eigenvalue weighted by atomic mass is 10.3. The Bertz CT molecular complexity index is 405. The van der Waals surface area contributed by atoms with Gasteiger partial charge < -0.3 is 10.2 Å². The molecule has 1 N–H and O–H groups in total. The van der Waals surface area contributed by atoms with Crippen LogP contribution in [-0.2, 0) is 14.8 Å². The van der Waals surface area contributed by atoms with Crippen molar-refractivity contribution in [3.8, 4) is 0 Å². The third-order valence-electron chi connectivity index (χ3n) is 3.43. The Morgan fingerprint density at radius 1 is 1.25 bits per heavy atom. The molecule has 0 aliphatic carbocycles. The fraction of sp³-hybridized carbons (Fsp3) is 0.917. The molecule has 0 aromatic carbocycles. The van der Waals surface area contributed by atoms with Crippen LogP contribution in [0, 0.1) is 0 Å². The molecule has 8 heteroatoms. The number of hydrogen-bond donors (Lipinski definition) is 1. The molecule has 1 heterocycles. The van der Waals surface area contributed by atoms with E-state index >= 15 is 0 Å². The summed E-state index contributed by atoms with van der Waals surface area (Å²) in [4.78, 5) is 15.8. The van der Waals surface area contributed by atoms with Crippen LogP contribution in [0.15, 0.2) is 0 Å².